The van der Waals surface area contributed by atoms with Gasteiger partial charge in [0.2, 0.25) is 5.91 Å². The molecule has 1 atom stereocenters. The zero-order chi connectivity index (χ0) is 16.4. The Labute approximate surface area is 134 Å². The van der Waals surface area contributed by atoms with Crippen LogP contribution in [-0.4, -0.2) is 46.6 Å². The lowest BCUT2D eigenvalue weighted by molar-refractivity contribution is -0.139. The van der Waals surface area contributed by atoms with Gasteiger partial charge in [0.15, 0.2) is 0 Å². The number of fused-ring (bicyclic) bond motifs is 1. The summed E-state index contributed by atoms with van der Waals surface area (Å²) >= 11 is 0. The molecule has 122 valence electrons. The monoisotopic (exact) mass is 316 g/mol. The molecule has 0 spiro atoms. The third kappa shape index (κ3) is 3.02. The minimum Gasteiger partial charge on any atom is -0.496 e. The summed E-state index contributed by atoms with van der Waals surface area (Å²) in [5.41, 5.74) is 1.80. The summed E-state index contributed by atoms with van der Waals surface area (Å²) in [5.74, 6) is -0.154. The molecule has 2 N–H and O–H groups in total. The minimum atomic E-state index is -0.858. The van der Waals surface area contributed by atoms with Gasteiger partial charge >= 0.3 is 5.97 Å². The van der Waals surface area contributed by atoms with Gasteiger partial charge in [0.25, 0.3) is 0 Å². The number of carboxylic acid groups (broad SMARTS) is 1. The van der Waals surface area contributed by atoms with E-state index in [1.165, 1.54) is 0 Å². The minimum absolute atomic E-state index is 0.0168. The average Bonchev–Trinajstić information content (AvgIpc) is 3.13. The van der Waals surface area contributed by atoms with Crippen LogP contribution in [0.5, 0.6) is 5.75 Å². The smallest absolute Gasteiger partial charge is 0.305 e. The molecule has 23 heavy (non-hydrogen) atoms. The van der Waals surface area contributed by atoms with Gasteiger partial charge in [-0.3, -0.25) is 9.59 Å². The first-order chi connectivity index (χ1) is 11.1. The molecule has 3 rings (SSSR count). The number of nitrogens with zero attached hydrogens (tertiary/aromatic N) is 1. The third-order valence-electron chi connectivity index (χ3n) is 4.42. The van der Waals surface area contributed by atoms with E-state index in [4.69, 9.17) is 9.84 Å². The Hall–Kier alpha value is -2.50. The number of benzene rings is 1. The van der Waals surface area contributed by atoms with E-state index in [1.54, 1.807) is 12.0 Å². The molecule has 1 fully saturated rings. The second-order valence-electron chi connectivity index (χ2n) is 5.85. The van der Waals surface area contributed by atoms with Crippen molar-refractivity contribution in [2.24, 2.45) is 0 Å². The highest BCUT2D eigenvalue weighted by molar-refractivity contribution is 5.93. The van der Waals surface area contributed by atoms with Gasteiger partial charge < -0.3 is 19.7 Å². The van der Waals surface area contributed by atoms with Crippen LogP contribution in [0.25, 0.3) is 10.9 Å². The van der Waals surface area contributed by atoms with E-state index < -0.39 is 5.97 Å². The van der Waals surface area contributed by atoms with Crippen LogP contribution in [-0.2, 0) is 16.0 Å². The second kappa shape index (κ2) is 6.32. The highest BCUT2D eigenvalue weighted by atomic mass is 16.5. The average molecular weight is 316 g/mol. The lowest BCUT2D eigenvalue weighted by atomic mass is 10.1. The Morgan fingerprint density at radius 1 is 1.43 bits per heavy atom. The van der Waals surface area contributed by atoms with Gasteiger partial charge in [-0.05, 0) is 30.5 Å². The largest absolute Gasteiger partial charge is 0.496 e. The number of hydrogen-bond donors (Lipinski definition) is 2. The summed E-state index contributed by atoms with van der Waals surface area (Å²) in [7, 11) is 1.61. The molecular weight excluding hydrogens is 296 g/mol. The maximum atomic E-state index is 12.6. The first kappa shape index (κ1) is 15.4. The van der Waals surface area contributed by atoms with Crippen molar-refractivity contribution in [2.75, 3.05) is 13.7 Å². The van der Waals surface area contributed by atoms with Gasteiger partial charge in [-0.25, -0.2) is 0 Å². The molecule has 1 amide bonds. The number of methoxy groups -OCH3 is 1. The molecule has 1 aromatic carbocycles. The Balaban J connectivity index is 1.82. The number of likely N-dealkylation sites (tertiary alicyclic amines) is 1. The number of hydrogen-bond acceptors (Lipinski definition) is 3. The predicted molar refractivity (Wildman–Crippen MR) is 85.5 cm³/mol. The van der Waals surface area contributed by atoms with E-state index in [2.05, 4.69) is 4.98 Å². The van der Waals surface area contributed by atoms with Crippen molar-refractivity contribution in [2.45, 2.75) is 31.7 Å². The summed E-state index contributed by atoms with van der Waals surface area (Å²) in [4.78, 5) is 28.4. The maximum Gasteiger partial charge on any atom is 0.305 e. The van der Waals surface area contributed by atoms with Gasteiger partial charge in [0, 0.05) is 29.7 Å². The Morgan fingerprint density at radius 2 is 2.26 bits per heavy atom. The zero-order valence-electron chi connectivity index (χ0n) is 13.0. The molecule has 1 aliphatic rings. The number of nitrogens with one attached hydrogen (secondary N) is 1. The lowest BCUT2D eigenvalue weighted by Gasteiger charge is -2.23. The number of carboxylic acids is 1. The maximum absolute atomic E-state index is 12.6. The number of H-pyrrole nitrogens is 1. The summed E-state index contributed by atoms with van der Waals surface area (Å²) in [6.07, 6.45) is 3.71. The van der Waals surface area contributed by atoms with Gasteiger partial charge in [-0.2, -0.15) is 0 Å². The Kier molecular flexibility index (Phi) is 4.23. The van der Waals surface area contributed by atoms with Crippen LogP contribution in [0.4, 0.5) is 0 Å². The molecule has 0 bridgehead atoms. The van der Waals surface area contributed by atoms with E-state index in [0.29, 0.717) is 6.54 Å². The van der Waals surface area contributed by atoms with Crippen molar-refractivity contribution >= 4 is 22.8 Å². The van der Waals surface area contributed by atoms with Crippen LogP contribution < -0.4 is 4.74 Å². The molecule has 6 heteroatoms. The second-order valence-corrected chi connectivity index (χ2v) is 5.85. The van der Waals surface area contributed by atoms with Crippen LogP contribution >= 0.6 is 0 Å². The molecule has 1 aromatic heterocycles. The first-order valence-corrected chi connectivity index (χ1v) is 7.74. The van der Waals surface area contributed by atoms with Crippen LogP contribution in [0.3, 0.4) is 0 Å². The molecule has 0 aliphatic carbocycles. The Morgan fingerprint density at radius 3 is 3.00 bits per heavy atom. The Bertz CT molecular complexity index is 737. The molecule has 2 heterocycles. The van der Waals surface area contributed by atoms with Gasteiger partial charge in [0.1, 0.15) is 5.75 Å². The molecule has 6 nitrogen and oxygen atoms in total. The van der Waals surface area contributed by atoms with E-state index >= 15 is 0 Å². The van der Waals surface area contributed by atoms with Crippen molar-refractivity contribution in [1.29, 1.82) is 0 Å². The highest BCUT2D eigenvalue weighted by Crippen LogP contribution is 2.30. The standard InChI is InChI=1S/C17H20N2O4/c1-23-14-6-2-5-13-17(14)11(10-18-13)8-15(20)19-7-3-4-12(19)9-16(21)22/h2,5-6,10,12,18H,3-4,7-9H2,1H3,(H,21,22). The van der Waals surface area contributed by atoms with E-state index in [0.717, 1.165) is 35.1 Å². The number of aliphatic carboxylic acids is 1. The fourth-order valence-corrected chi connectivity index (χ4v) is 3.37. The van der Waals surface area contributed by atoms with E-state index in [1.807, 2.05) is 24.4 Å². The highest BCUT2D eigenvalue weighted by Gasteiger charge is 2.30. The molecule has 1 aliphatic heterocycles. The van der Waals surface area contributed by atoms with Crippen LogP contribution in [0.1, 0.15) is 24.8 Å². The van der Waals surface area contributed by atoms with Gasteiger partial charge in [-0.15, -0.1) is 0 Å². The number of ether oxygens (including phenoxy) is 1. The normalized spacial score (nSPS) is 17.6. The number of amides is 1. The van der Waals surface area contributed by atoms with Gasteiger partial charge in [0.05, 0.1) is 20.0 Å². The molecule has 0 saturated carbocycles. The quantitative estimate of drug-likeness (QED) is 0.886. The van der Waals surface area contributed by atoms with Crippen LogP contribution in [0, 0.1) is 0 Å². The number of carbonyl (C=O) groups excluding carboxylic acids is 1. The van der Waals surface area contributed by atoms with Crippen molar-refractivity contribution < 1.29 is 19.4 Å². The van der Waals surface area contributed by atoms with Crippen molar-refractivity contribution in [1.82, 2.24) is 9.88 Å². The number of aromatic amines is 1. The zero-order valence-corrected chi connectivity index (χ0v) is 13.0. The van der Waals surface area contributed by atoms with Gasteiger partial charge in [-0.1, -0.05) is 6.07 Å². The molecule has 2 aromatic rings. The third-order valence-corrected chi connectivity index (χ3v) is 4.42. The van der Waals surface area contributed by atoms with E-state index in [9.17, 15) is 9.59 Å². The van der Waals surface area contributed by atoms with Crippen molar-refractivity contribution in [3.8, 4) is 5.75 Å². The summed E-state index contributed by atoms with van der Waals surface area (Å²) in [5, 5.41) is 9.89. The fraction of sp³-hybridized carbons (Fsp3) is 0.412. The summed E-state index contributed by atoms with van der Waals surface area (Å²) < 4.78 is 5.38. The lowest BCUT2D eigenvalue weighted by Crippen LogP contribution is -2.37. The van der Waals surface area contributed by atoms with Crippen molar-refractivity contribution in [3.05, 3.63) is 30.0 Å². The van der Waals surface area contributed by atoms with E-state index in [-0.39, 0.29) is 24.8 Å². The summed E-state index contributed by atoms with van der Waals surface area (Å²) in [6, 6.07) is 5.52. The molecule has 0 radical (unpaired) electrons. The van der Waals surface area contributed by atoms with Crippen LogP contribution in [0.2, 0.25) is 0 Å². The molecule has 1 saturated heterocycles. The fourth-order valence-electron chi connectivity index (χ4n) is 3.37. The molecular formula is C17H20N2O4. The first-order valence-electron chi connectivity index (χ1n) is 7.74. The number of rotatable bonds is 5. The topological polar surface area (TPSA) is 82.6 Å². The number of aromatic nitrogens is 1. The van der Waals surface area contributed by atoms with Crippen LogP contribution in [0.15, 0.2) is 24.4 Å². The molecule has 1 unspecified atom stereocenters. The SMILES string of the molecule is COc1cccc2[nH]cc(CC(=O)N3CCCC3CC(=O)O)c12. The van der Waals surface area contributed by atoms with Crippen molar-refractivity contribution in [3.63, 3.8) is 0 Å². The predicted octanol–water partition coefficient (Wildman–Crippen LogP) is 2.18. The number of carbonyl (C=O) groups is 2. The summed E-state index contributed by atoms with van der Waals surface area (Å²) in [6.45, 7) is 0.635.